The summed E-state index contributed by atoms with van der Waals surface area (Å²) in [4.78, 5) is 30.5. The van der Waals surface area contributed by atoms with Crippen LogP contribution < -0.4 is 0 Å². The van der Waals surface area contributed by atoms with E-state index in [0.29, 0.717) is 11.4 Å². The first-order valence-corrected chi connectivity index (χ1v) is 19.8. The molecule has 0 bridgehead atoms. The molecule has 64 heavy (non-hydrogen) atoms. The number of aromatic nitrogens is 10. The fourth-order valence-corrected chi connectivity index (χ4v) is 7.90. The van der Waals surface area contributed by atoms with E-state index in [0.717, 1.165) is 88.4 Å². The van der Waals surface area contributed by atoms with Crippen molar-refractivity contribution in [3.63, 3.8) is 0 Å². The van der Waals surface area contributed by atoms with Crippen LogP contribution in [-0.2, 0) is 0 Å². The third kappa shape index (κ3) is 8.09. The highest BCUT2D eigenvalue weighted by atomic mass is 19.1. The van der Waals surface area contributed by atoms with Crippen molar-refractivity contribution >= 4 is 90.7 Å². The van der Waals surface area contributed by atoms with Gasteiger partial charge in [0.25, 0.3) is 0 Å². The summed E-state index contributed by atoms with van der Waals surface area (Å²) in [6.45, 7) is 5.64. The summed E-state index contributed by atoms with van der Waals surface area (Å²) in [5, 5.41) is 6.24. The van der Waals surface area contributed by atoms with Gasteiger partial charge in [-0.3, -0.25) is 19.9 Å². The molecule has 9 heterocycles. The number of para-hydroxylation sites is 3. The third-order valence-corrected chi connectivity index (χ3v) is 10.7. The SMILES string of the molecule is Cc1cc(-n2ccc3cnccc32)c2ccccc2n1.Cc1nc(-n2ccc3cnccc32)c2ccccc2n1.Cc1nc2ccccc2c(-n2ccc3cnccc32)c1F.[B].[B].[B]. The van der Waals surface area contributed by atoms with Gasteiger partial charge >= 0.3 is 0 Å². The van der Waals surface area contributed by atoms with E-state index >= 15 is 0 Å². The first-order valence-electron chi connectivity index (χ1n) is 19.8. The molecule has 0 saturated carbocycles. The van der Waals surface area contributed by atoms with E-state index in [2.05, 4.69) is 92.7 Å². The normalized spacial score (nSPS) is 10.8. The average Bonchev–Trinajstić information content (AvgIpc) is 4.04. The lowest BCUT2D eigenvalue weighted by atomic mass is 10.1. The molecule has 0 atom stereocenters. The second-order valence-corrected chi connectivity index (χ2v) is 14.6. The van der Waals surface area contributed by atoms with Gasteiger partial charge in [-0.1, -0.05) is 48.5 Å². The second-order valence-electron chi connectivity index (χ2n) is 14.6. The van der Waals surface area contributed by atoms with Gasteiger partial charge in [-0.2, -0.15) is 0 Å². The summed E-state index contributed by atoms with van der Waals surface area (Å²) in [5.74, 6) is 1.40. The highest BCUT2D eigenvalue weighted by Crippen LogP contribution is 2.30. The van der Waals surface area contributed by atoms with E-state index in [1.165, 1.54) is 0 Å². The molecule has 0 fully saturated rings. The van der Waals surface area contributed by atoms with E-state index in [4.69, 9.17) is 0 Å². The number of fused-ring (bicyclic) bond motifs is 6. The van der Waals surface area contributed by atoms with Gasteiger partial charge in [0.05, 0.1) is 50.2 Å². The second kappa shape index (κ2) is 18.6. The molecule has 0 saturated heterocycles. The van der Waals surface area contributed by atoms with E-state index in [9.17, 15) is 4.39 Å². The van der Waals surface area contributed by atoms with Crippen LogP contribution in [0.4, 0.5) is 4.39 Å². The summed E-state index contributed by atoms with van der Waals surface area (Å²) >= 11 is 0. The number of halogens is 1. The standard InChI is InChI=1S/C17H12FN3.C17H13N3.C16H12N4.3B/c1-11-16(18)17(13-4-2-3-5-14(13)20-11)21-9-7-12-10-19-8-6-15(12)21;1-12-10-17(14-4-2-3-5-15(14)19-12)20-9-7-13-11-18-8-6-16(13)20;1-11-18-14-5-3-2-4-13(14)16(19-11)20-9-7-12-10-17-8-6-15(12)20;;;/h2-10H,1H3;2-11H,1H3;2-10H,1H3;;;. The summed E-state index contributed by atoms with van der Waals surface area (Å²) < 4.78 is 20.9. The lowest BCUT2D eigenvalue weighted by Gasteiger charge is -2.12. The zero-order chi connectivity index (χ0) is 41.5. The topological polar surface area (TPSA) is 105 Å². The summed E-state index contributed by atoms with van der Waals surface area (Å²) in [6.07, 6.45) is 16.9. The molecule has 0 spiro atoms. The Morgan fingerprint density at radius 3 is 1.53 bits per heavy atom. The maximum absolute atomic E-state index is 14.7. The Morgan fingerprint density at radius 1 is 0.453 bits per heavy atom. The summed E-state index contributed by atoms with van der Waals surface area (Å²) in [6, 6.07) is 38.1. The molecule has 303 valence electrons. The van der Waals surface area contributed by atoms with Crippen molar-refractivity contribution in [2.45, 2.75) is 20.8 Å². The predicted molar refractivity (Wildman–Crippen MR) is 258 cm³/mol. The number of hydrogen-bond donors (Lipinski definition) is 0. The van der Waals surface area contributed by atoms with Crippen LogP contribution in [0.3, 0.4) is 0 Å². The number of nitrogens with zero attached hydrogens (tertiary/aromatic N) is 10. The molecule has 9 aromatic heterocycles. The molecule has 3 aromatic carbocycles. The molecule has 0 amide bonds. The lowest BCUT2D eigenvalue weighted by molar-refractivity contribution is 0.605. The average molecular weight is 829 g/mol. The van der Waals surface area contributed by atoms with E-state index in [-0.39, 0.29) is 31.1 Å². The number of hydrogen-bond acceptors (Lipinski definition) is 7. The highest BCUT2D eigenvalue weighted by Gasteiger charge is 2.16. The van der Waals surface area contributed by atoms with Gasteiger partial charge in [0.15, 0.2) is 5.82 Å². The quantitative estimate of drug-likeness (QED) is 0.163. The molecule has 14 heteroatoms. The first-order chi connectivity index (χ1) is 29.9. The first kappa shape index (κ1) is 44.1. The Morgan fingerprint density at radius 2 is 0.922 bits per heavy atom. The predicted octanol–water partition coefficient (Wildman–Crippen LogP) is 10.0. The Bertz CT molecular complexity index is 3430. The minimum absolute atomic E-state index is 0. The fraction of sp³-hybridized carbons (Fsp3) is 0.0600. The molecule has 0 aliphatic rings. The molecular weight excluding hydrogens is 792 g/mol. The van der Waals surface area contributed by atoms with Crippen molar-refractivity contribution in [3.05, 3.63) is 194 Å². The smallest absolute Gasteiger partial charge is 0.169 e. The van der Waals surface area contributed by atoms with Gasteiger partial charge in [0, 0.05) is 119 Å². The minimum atomic E-state index is -0.289. The van der Waals surface area contributed by atoms with Crippen LogP contribution in [0, 0.1) is 26.6 Å². The zero-order valence-electron chi connectivity index (χ0n) is 35.2. The van der Waals surface area contributed by atoms with E-state index in [1.54, 1.807) is 25.5 Å². The van der Waals surface area contributed by atoms with Crippen LogP contribution in [0.5, 0.6) is 0 Å². The molecule has 10 nitrogen and oxygen atoms in total. The molecule has 12 aromatic rings. The lowest BCUT2D eigenvalue weighted by Crippen LogP contribution is -2.02. The maximum Gasteiger partial charge on any atom is 0.169 e. The molecule has 9 radical (unpaired) electrons. The van der Waals surface area contributed by atoms with Gasteiger partial charge in [-0.15, -0.1) is 0 Å². The fourth-order valence-electron chi connectivity index (χ4n) is 7.90. The Labute approximate surface area is 374 Å². The molecule has 0 N–H and O–H groups in total. The molecule has 0 aliphatic carbocycles. The van der Waals surface area contributed by atoms with Crippen molar-refractivity contribution in [1.82, 2.24) is 48.6 Å². The molecule has 0 aliphatic heterocycles. The largest absolute Gasteiger partial charge is 0.316 e. The highest BCUT2D eigenvalue weighted by molar-refractivity contribution is 5.93. The van der Waals surface area contributed by atoms with Crippen LogP contribution >= 0.6 is 0 Å². The third-order valence-electron chi connectivity index (χ3n) is 10.7. The number of pyridine rings is 5. The van der Waals surface area contributed by atoms with Gasteiger partial charge in [0.2, 0.25) is 0 Å². The van der Waals surface area contributed by atoms with E-state index in [1.807, 2.05) is 122 Å². The maximum atomic E-state index is 14.7. The van der Waals surface area contributed by atoms with Crippen LogP contribution in [-0.4, -0.2) is 73.8 Å². The molecule has 12 rings (SSSR count). The van der Waals surface area contributed by atoms with Crippen LogP contribution in [0.1, 0.15) is 17.2 Å². The number of aryl methyl sites for hydroxylation is 3. The van der Waals surface area contributed by atoms with Crippen LogP contribution in [0.2, 0.25) is 0 Å². The zero-order valence-corrected chi connectivity index (χ0v) is 35.2. The minimum Gasteiger partial charge on any atom is -0.316 e. The van der Waals surface area contributed by atoms with Crippen molar-refractivity contribution in [2.24, 2.45) is 0 Å². The van der Waals surface area contributed by atoms with E-state index < -0.39 is 0 Å². The van der Waals surface area contributed by atoms with Crippen molar-refractivity contribution < 1.29 is 4.39 Å². The summed E-state index contributed by atoms with van der Waals surface area (Å²) in [7, 11) is 0. The number of benzene rings is 3. The van der Waals surface area contributed by atoms with Crippen molar-refractivity contribution in [3.8, 4) is 17.2 Å². The Hall–Kier alpha value is -7.99. The monoisotopic (exact) mass is 829 g/mol. The van der Waals surface area contributed by atoms with Crippen molar-refractivity contribution in [1.29, 1.82) is 0 Å². The molecular formula is C50H37B3FN10. The van der Waals surface area contributed by atoms with Crippen LogP contribution in [0.25, 0.3) is 82.6 Å². The summed E-state index contributed by atoms with van der Waals surface area (Å²) in [5.41, 5.74) is 9.10. The van der Waals surface area contributed by atoms with Gasteiger partial charge < -0.3 is 13.7 Å². The number of rotatable bonds is 3. The van der Waals surface area contributed by atoms with Gasteiger partial charge in [-0.05, 0) is 87.5 Å². The van der Waals surface area contributed by atoms with Crippen LogP contribution in [0.15, 0.2) is 171 Å². The van der Waals surface area contributed by atoms with Gasteiger partial charge in [-0.25, -0.2) is 19.3 Å². The Kier molecular flexibility index (Phi) is 12.8. The molecule has 0 unspecified atom stereocenters. The Balaban J connectivity index is 0.000000140. The van der Waals surface area contributed by atoms with Gasteiger partial charge in [0.1, 0.15) is 11.6 Å². The van der Waals surface area contributed by atoms with Crippen molar-refractivity contribution in [2.75, 3.05) is 0 Å².